The number of aromatic nitrogens is 2. The lowest BCUT2D eigenvalue weighted by atomic mass is 9.68. The van der Waals surface area contributed by atoms with Crippen LogP contribution in [0.1, 0.15) is 107 Å². The molecule has 1 amide bonds. The summed E-state index contributed by atoms with van der Waals surface area (Å²) in [5, 5.41) is 31.3. The van der Waals surface area contributed by atoms with Crippen molar-refractivity contribution in [3.63, 3.8) is 0 Å². The lowest BCUT2D eigenvalue weighted by Crippen LogP contribution is -2.61. The van der Waals surface area contributed by atoms with Gasteiger partial charge in [-0.2, -0.15) is 0 Å². The van der Waals surface area contributed by atoms with E-state index in [0.717, 1.165) is 17.5 Å². The number of aliphatic hydroxyl groups excluding tert-OH is 1. The minimum atomic E-state index is -3.19. The van der Waals surface area contributed by atoms with Crippen LogP contribution < -0.4 is 5.73 Å². The van der Waals surface area contributed by atoms with E-state index in [1.165, 1.54) is 25.2 Å². The number of carbonyl (C=O) groups is 3. The highest BCUT2D eigenvalue weighted by Crippen LogP contribution is 2.43. The number of ketones is 1. The molecule has 0 aromatic carbocycles. The highest BCUT2D eigenvalue weighted by molar-refractivity contribution is 7.13. The SMILES string of the molecule is CCC(=O)/N=C1\[C@H](C)C[C@@]2(C)OCC(=NOCc3ccc(-c4nc(N)cs4)cn3)CC[C@H]([C@H]1C)[C@](C)(O)[C@@H](CC)OC(=O)[C@@](C)(F)C(=O)[C@H](C)[C@H]2O[C@@H]1O[C@H](C)C[C@H](N(C)C)[C@H]1O. The van der Waals surface area contributed by atoms with Gasteiger partial charge in [0.2, 0.25) is 5.91 Å². The summed E-state index contributed by atoms with van der Waals surface area (Å²) in [7, 11) is 3.66. The first-order chi connectivity index (χ1) is 29.5. The van der Waals surface area contributed by atoms with E-state index in [0.29, 0.717) is 29.4 Å². The smallest absolute Gasteiger partial charge is 0.351 e. The topological polar surface area (TPSA) is 218 Å². The van der Waals surface area contributed by atoms with Crippen LogP contribution in [0.15, 0.2) is 33.9 Å². The summed E-state index contributed by atoms with van der Waals surface area (Å²) in [6.07, 6.45) is -2.71. The van der Waals surface area contributed by atoms with Gasteiger partial charge in [0.15, 0.2) is 18.7 Å². The second kappa shape index (κ2) is 20.6. The van der Waals surface area contributed by atoms with Crippen molar-refractivity contribution in [2.45, 2.75) is 161 Å². The number of ether oxygens (including phenoxy) is 4. The Balaban J connectivity index is 1.66. The molecule has 3 aliphatic heterocycles. The molecule has 2 aromatic heterocycles. The molecule has 18 heteroatoms. The van der Waals surface area contributed by atoms with Crippen LogP contribution in [0.3, 0.4) is 0 Å². The monoisotopic (exact) mass is 902 g/mol. The van der Waals surface area contributed by atoms with Crippen LogP contribution in [0.2, 0.25) is 0 Å². The molecule has 63 heavy (non-hydrogen) atoms. The Labute approximate surface area is 374 Å². The lowest BCUT2D eigenvalue weighted by molar-refractivity contribution is -0.296. The number of amides is 1. The van der Waals surface area contributed by atoms with Crippen molar-refractivity contribution < 1.29 is 52.8 Å². The number of anilines is 1. The number of cyclic esters (lactones) is 1. The Bertz CT molecular complexity index is 1980. The fourth-order valence-electron chi connectivity index (χ4n) is 9.42. The van der Waals surface area contributed by atoms with Crippen LogP contribution in [-0.2, 0) is 44.8 Å². The van der Waals surface area contributed by atoms with Crippen molar-refractivity contribution in [1.29, 1.82) is 0 Å². The molecule has 3 saturated heterocycles. The maximum absolute atomic E-state index is 17.0. The molecule has 2 bridgehead atoms. The van der Waals surface area contributed by atoms with Gasteiger partial charge in [-0.25, -0.2) is 19.2 Å². The molecule has 4 N–H and O–H groups in total. The van der Waals surface area contributed by atoms with Crippen LogP contribution in [0.5, 0.6) is 0 Å². The highest BCUT2D eigenvalue weighted by Gasteiger charge is 2.56. The van der Waals surface area contributed by atoms with E-state index in [-0.39, 0.29) is 57.3 Å². The number of aliphatic hydroxyl groups is 2. The van der Waals surface area contributed by atoms with Crippen LogP contribution in [0, 0.1) is 23.7 Å². The molecule has 3 aliphatic rings. The maximum atomic E-state index is 17.0. The van der Waals surface area contributed by atoms with Crippen LogP contribution in [-0.4, -0.2) is 128 Å². The summed E-state index contributed by atoms with van der Waals surface area (Å²) < 4.78 is 42.6. The number of esters is 1. The summed E-state index contributed by atoms with van der Waals surface area (Å²) in [6, 6.07) is 3.26. The molecule has 5 rings (SSSR count). The largest absolute Gasteiger partial charge is 0.457 e. The zero-order valence-corrected chi connectivity index (χ0v) is 39.3. The van der Waals surface area contributed by atoms with Gasteiger partial charge < -0.3 is 44.6 Å². The van der Waals surface area contributed by atoms with Crippen LogP contribution >= 0.6 is 11.3 Å². The molecule has 2 aromatic rings. The summed E-state index contributed by atoms with van der Waals surface area (Å²) >= 11 is 1.41. The summed E-state index contributed by atoms with van der Waals surface area (Å²) in [6.45, 7) is 14.3. The molecule has 5 heterocycles. The molecular formula is C45H67FN6O10S. The van der Waals surface area contributed by atoms with E-state index in [9.17, 15) is 24.6 Å². The van der Waals surface area contributed by atoms with Gasteiger partial charge in [-0.15, -0.1) is 11.3 Å². The quantitative estimate of drug-likeness (QED) is 0.156. The number of nitrogen functional groups attached to an aromatic ring is 1. The third kappa shape index (κ3) is 11.4. The van der Waals surface area contributed by atoms with Crippen molar-refractivity contribution in [3.05, 3.63) is 29.4 Å². The Morgan fingerprint density at radius 1 is 1.13 bits per heavy atom. The van der Waals surface area contributed by atoms with Crippen molar-refractivity contribution in [1.82, 2.24) is 14.9 Å². The molecule has 13 atom stereocenters. The molecular weight excluding hydrogens is 836 g/mol. The number of Topliss-reactive ketones (excluding diaryl/α,β-unsaturated/α-hetero) is 1. The Hall–Kier alpha value is -3.78. The van der Waals surface area contributed by atoms with Gasteiger partial charge in [0, 0.05) is 47.2 Å². The number of oxime groups is 1. The van der Waals surface area contributed by atoms with Crippen LogP contribution in [0.25, 0.3) is 10.6 Å². The molecule has 3 fully saturated rings. The number of hydrogen-bond acceptors (Lipinski definition) is 16. The number of rotatable bonds is 9. The summed E-state index contributed by atoms with van der Waals surface area (Å²) in [4.78, 5) is 62.9. The average molecular weight is 903 g/mol. The Morgan fingerprint density at radius 2 is 1.84 bits per heavy atom. The minimum absolute atomic E-state index is 0.00603. The summed E-state index contributed by atoms with van der Waals surface area (Å²) in [5.74, 6) is -5.90. The van der Waals surface area contributed by atoms with Crippen molar-refractivity contribution in [3.8, 4) is 10.6 Å². The standard InChI is InChI=1S/C45H67FN6O10S/c1-12-33-45(9,57)31-17-16-30(51-59-22-29-15-14-28(20-48-29)40-49-34(47)23-63-40)21-58-43(7,19-24(3)36(26(31)5)50-35(53)13-2)39(27(6)38(55)44(8,46)42(56)61-33)62-41-37(54)32(52(10)11)18-25(4)60-41/h14-15,20,23-27,31-33,37,39,41,54,57H,12-13,16-19,21-22,47H2,1-11H3/b50-36+,51-30?/t24-,25-,26-,27+,31-,32+,33-,37-,39-,41+,43-,44+,45+/m1/s1. The number of likely N-dealkylation sites (N-methyl/N-ethyl adjacent to an activating group) is 1. The Kier molecular flexibility index (Phi) is 16.4. The predicted octanol–water partition coefficient (Wildman–Crippen LogP) is 5.72. The van der Waals surface area contributed by atoms with E-state index >= 15 is 4.39 Å². The van der Waals surface area contributed by atoms with Gasteiger partial charge in [0.05, 0.1) is 35.8 Å². The number of fused-ring (bicyclic) bond motifs is 5. The number of aliphatic imine (C=N–C) groups is 1. The number of carbonyl (C=O) groups excluding carboxylic acids is 3. The first kappa shape index (κ1) is 50.2. The lowest BCUT2D eigenvalue weighted by Gasteiger charge is -2.48. The third-order valence-corrected chi connectivity index (χ3v) is 14.0. The van der Waals surface area contributed by atoms with E-state index in [1.807, 2.05) is 45.8 Å². The van der Waals surface area contributed by atoms with Gasteiger partial charge in [-0.3, -0.25) is 14.6 Å². The number of nitrogens with zero attached hydrogens (tertiary/aromatic N) is 5. The van der Waals surface area contributed by atoms with E-state index in [1.54, 1.807) is 38.4 Å². The van der Waals surface area contributed by atoms with Crippen molar-refractivity contribution >= 4 is 46.2 Å². The number of halogens is 1. The zero-order chi connectivity index (χ0) is 46.6. The second-order valence-electron chi connectivity index (χ2n) is 18.3. The molecule has 0 aliphatic carbocycles. The van der Waals surface area contributed by atoms with E-state index in [2.05, 4.69) is 20.1 Å². The van der Waals surface area contributed by atoms with Gasteiger partial charge in [-0.1, -0.05) is 39.8 Å². The normalized spacial score (nSPS) is 37.6. The van der Waals surface area contributed by atoms with Gasteiger partial charge in [0.25, 0.3) is 5.67 Å². The van der Waals surface area contributed by atoms with Gasteiger partial charge in [0.1, 0.15) is 28.6 Å². The molecule has 0 spiro atoms. The highest BCUT2D eigenvalue weighted by atomic mass is 32.1. The fourth-order valence-corrected chi connectivity index (χ4v) is 10.1. The third-order valence-electron chi connectivity index (χ3n) is 13.1. The van der Waals surface area contributed by atoms with Gasteiger partial charge in [-0.05, 0) is 97.9 Å². The fraction of sp³-hybridized carbons (Fsp3) is 0.711. The number of thiazole rings is 1. The van der Waals surface area contributed by atoms with Crippen molar-refractivity contribution in [2.75, 3.05) is 26.4 Å². The minimum Gasteiger partial charge on any atom is -0.457 e. The van der Waals surface area contributed by atoms with Crippen LogP contribution in [0.4, 0.5) is 10.2 Å². The summed E-state index contributed by atoms with van der Waals surface area (Å²) in [5.41, 5.74) is 1.52. The average Bonchev–Trinajstić information content (AvgIpc) is 3.67. The second-order valence-corrected chi connectivity index (χ2v) is 19.1. The number of hydrogen-bond donors (Lipinski definition) is 3. The molecule has 0 unspecified atom stereocenters. The zero-order valence-electron chi connectivity index (χ0n) is 38.5. The van der Waals surface area contributed by atoms with E-state index in [4.69, 9.17) is 29.5 Å². The molecule has 0 saturated carbocycles. The maximum Gasteiger partial charge on any atom is 0.351 e. The molecule has 16 nitrogen and oxygen atoms in total. The first-order valence-corrected chi connectivity index (χ1v) is 22.8. The first-order valence-electron chi connectivity index (χ1n) is 21.9. The molecule has 0 radical (unpaired) electrons. The molecule has 350 valence electrons. The number of alkyl halides is 1. The van der Waals surface area contributed by atoms with E-state index < -0.39 is 82.9 Å². The Morgan fingerprint density at radius 3 is 2.44 bits per heavy atom. The van der Waals surface area contributed by atoms with Gasteiger partial charge >= 0.3 is 5.97 Å². The number of nitrogens with two attached hydrogens (primary N) is 1. The van der Waals surface area contributed by atoms with Crippen molar-refractivity contribution in [2.24, 2.45) is 33.8 Å². The number of pyridine rings is 1. The predicted molar refractivity (Wildman–Crippen MR) is 237 cm³/mol.